The van der Waals surface area contributed by atoms with Crippen LogP contribution in [0.5, 0.6) is 0 Å². The van der Waals surface area contributed by atoms with Crippen LogP contribution in [0.3, 0.4) is 0 Å². The Bertz CT molecular complexity index is 547. The van der Waals surface area contributed by atoms with Crippen molar-refractivity contribution in [2.24, 2.45) is 5.73 Å². The summed E-state index contributed by atoms with van der Waals surface area (Å²) >= 11 is 0. The number of nitro groups is 1. The van der Waals surface area contributed by atoms with E-state index < -0.39 is 4.92 Å². The third-order valence-corrected chi connectivity index (χ3v) is 3.99. The molecule has 120 valence electrons. The topological polar surface area (TPSA) is 102 Å². The first-order chi connectivity index (χ1) is 10.5. The van der Waals surface area contributed by atoms with Gasteiger partial charge in [-0.15, -0.1) is 0 Å². The molecule has 0 spiro atoms. The van der Waals surface area contributed by atoms with Gasteiger partial charge in [0, 0.05) is 18.2 Å². The smallest absolute Gasteiger partial charge is 0.292 e. The lowest BCUT2D eigenvalue weighted by Gasteiger charge is -2.37. The molecule has 7 nitrogen and oxygen atoms in total. The van der Waals surface area contributed by atoms with Gasteiger partial charge in [0.25, 0.3) is 5.69 Å². The highest BCUT2D eigenvalue weighted by Gasteiger charge is 2.27. The number of carbonyl (C=O) groups excluding carboxylic acids is 1. The van der Waals surface area contributed by atoms with E-state index >= 15 is 0 Å². The molecule has 2 unspecified atom stereocenters. The lowest BCUT2D eigenvalue weighted by molar-refractivity contribution is -0.383. The zero-order valence-corrected chi connectivity index (χ0v) is 12.7. The fourth-order valence-electron chi connectivity index (χ4n) is 2.92. The molecule has 0 aromatic heterocycles. The quantitative estimate of drug-likeness (QED) is 0.637. The maximum Gasteiger partial charge on any atom is 0.292 e. The molecule has 0 saturated carbocycles. The Labute approximate surface area is 129 Å². The summed E-state index contributed by atoms with van der Waals surface area (Å²) in [4.78, 5) is 24.7. The Morgan fingerprint density at radius 2 is 2.23 bits per heavy atom. The lowest BCUT2D eigenvalue weighted by Crippen LogP contribution is -2.51. The first kappa shape index (κ1) is 16.4. The second-order valence-corrected chi connectivity index (χ2v) is 5.72. The molecular weight excluding hydrogens is 284 g/mol. The van der Waals surface area contributed by atoms with Crippen molar-refractivity contribution in [3.8, 4) is 0 Å². The maximum absolute atomic E-state index is 12.2. The van der Waals surface area contributed by atoms with E-state index in [1.165, 1.54) is 12.1 Å². The van der Waals surface area contributed by atoms with Gasteiger partial charge in [-0.25, -0.2) is 0 Å². The van der Waals surface area contributed by atoms with Crippen LogP contribution in [0.15, 0.2) is 24.3 Å². The number of nitrogens with two attached hydrogens (primary N) is 1. The van der Waals surface area contributed by atoms with Gasteiger partial charge in [-0.05, 0) is 32.4 Å². The zero-order chi connectivity index (χ0) is 16.1. The van der Waals surface area contributed by atoms with Gasteiger partial charge in [-0.3, -0.25) is 19.8 Å². The van der Waals surface area contributed by atoms with Crippen LogP contribution >= 0.6 is 0 Å². The van der Waals surface area contributed by atoms with Crippen LogP contribution in [0.4, 0.5) is 11.4 Å². The highest BCUT2D eigenvalue weighted by atomic mass is 16.6. The number of benzene rings is 1. The molecule has 0 aliphatic carbocycles. The Balaban J connectivity index is 2.02. The fraction of sp³-hybridized carbons (Fsp3) is 0.533. The second kappa shape index (κ2) is 7.33. The average Bonchev–Trinajstić information content (AvgIpc) is 2.47. The van der Waals surface area contributed by atoms with Crippen molar-refractivity contribution in [3.63, 3.8) is 0 Å². The van der Waals surface area contributed by atoms with Gasteiger partial charge in [0.15, 0.2) is 0 Å². The van der Waals surface area contributed by atoms with Gasteiger partial charge >= 0.3 is 0 Å². The van der Waals surface area contributed by atoms with Crippen LogP contribution in [0.25, 0.3) is 0 Å². The molecule has 7 heteroatoms. The molecule has 2 atom stereocenters. The summed E-state index contributed by atoms with van der Waals surface area (Å²) in [6.07, 6.45) is 3.15. The van der Waals surface area contributed by atoms with E-state index in [4.69, 9.17) is 5.73 Å². The molecule has 1 heterocycles. The number of carbonyl (C=O) groups is 1. The molecule has 1 fully saturated rings. The number of hydrogen-bond acceptors (Lipinski definition) is 5. The van der Waals surface area contributed by atoms with Crippen LogP contribution in [0.2, 0.25) is 0 Å². The number of nitrogens with zero attached hydrogens (tertiary/aromatic N) is 2. The number of para-hydroxylation sites is 2. The lowest BCUT2D eigenvalue weighted by atomic mass is 9.97. The molecule has 1 aliphatic rings. The third-order valence-electron chi connectivity index (χ3n) is 3.99. The van der Waals surface area contributed by atoms with Crippen molar-refractivity contribution in [1.29, 1.82) is 0 Å². The maximum atomic E-state index is 12.2. The third kappa shape index (κ3) is 4.02. The number of amides is 1. The number of rotatable bonds is 5. The minimum atomic E-state index is -0.499. The van der Waals surface area contributed by atoms with E-state index in [9.17, 15) is 14.9 Å². The number of nitro benzene ring substituents is 1. The predicted molar refractivity (Wildman–Crippen MR) is 84.6 cm³/mol. The molecule has 0 bridgehead atoms. The predicted octanol–water partition coefficient (Wildman–Crippen LogP) is 1.73. The van der Waals surface area contributed by atoms with E-state index in [-0.39, 0.29) is 35.9 Å². The molecule has 1 saturated heterocycles. The van der Waals surface area contributed by atoms with E-state index in [2.05, 4.69) is 10.2 Å². The Hall–Kier alpha value is -1.99. The Morgan fingerprint density at radius 1 is 1.50 bits per heavy atom. The van der Waals surface area contributed by atoms with Crippen molar-refractivity contribution in [2.75, 3.05) is 18.4 Å². The molecule has 1 aliphatic heterocycles. The van der Waals surface area contributed by atoms with Crippen LogP contribution in [0.1, 0.15) is 26.2 Å². The summed E-state index contributed by atoms with van der Waals surface area (Å²) in [5, 5.41) is 13.6. The zero-order valence-electron chi connectivity index (χ0n) is 12.7. The summed E-state index contributed by atoms with van der Waals surface area (Å²) in [7, 11) is 0. The van der Waals surface area contributed by atoms with Crippen LogP contribution in [0, 0.1) is 10.1 Å². The van der Waals surface area contributed by atoms with E-state index in [0.717, 1.165) is 25.8 Å². The van der Waals surface area contributed by atoms with Crippen molar-refractivity contribution in [3.05, 3.63) is 34.4 Å². The minimum absolute atomic E-state index is 0.000776. The number of anilines is 1. The summed E-state index contributed by atoms with van der Waals surface area (Å²) in [6.45, 7) is 2.98. The largest absolute Gasteiger partial charge is 0.327 e. The van der Waals surface area contributed by atoms with Crippen molar-refractivity contribution in [1.82, 2.24) is 4.90 Å². The molecule has 0 radical (unpaired) electrons. The highest BCUT2D eigenvalue weighted by Crippen LogP contribution is 2.24. The van der Waals surface area contributed by atoms with Crippen LogP contribution in [-0.4, -0.2) is 40.9 Å². The Kier molecular flexibility index (Phi) is 5.46. The molecule has 1 amide bonds. The van der Waals surface area contributed by atoms with Crippen LogP contribution < -0.4 is 11.1 Å². The van der Waals surface area contributed by atoms with E-state index in [0.29, 0.717) is 0 Å². The summed E-state index contributed by atoms with van der Waals surface area (Å²) in [5.41, 5.74) is 6.12. The highest BCUT2D eigenvalue weighted by molar-refractivity contribution is 5.94. The van der Waals surface area contributed by atoms with E-state index in [1.54, 1.807) is 12.1 Å². The van der Waals surface area contributed by atoms with Gasteiger partial charge in [0.1, 0.15) is 5.69 Å². The van der Waals surface area contributed by atoms with Gasteiger partial charge in [-0.2, -0.15) is 0 Å². The van der Waals surface area contributed by atoms with Gasteiger partial charge in [0.2, 0.25) is 5.91 Å². The van der Waals surface area contributed by atoms with Gasteiger partial charge in [0.05, 0.1) is 11.5 Å². The second-order valence-electron chi connectivity index (χ2n) is 5.72. The number of hydrogen-bond donors (Lipinski definition) is 2. The van der Waals surface area contributed by atoms with Gasteiger partial charge in [-0.1, -0.05) is 18.6 Å². The van der Waals surface area contributed by atoms with Crippen LogP contribution in [-0.2, 0) is 4.79 Å². The van der Waals surface area contributed by atoms with Crippen molar-refractivity contribution < 1.29 is 9.72 Å². The number of piperidine rings is 1. The fourth-order valence-corrected chi connectivity index (χ4v) is 2.92. The summed E-state index contributed by atoms with van der Waals surface area (Å²) in [6, 6.07) is 6.33. The molecule has 3 N–H and O–H groups in total. The molecule has 22 heavy (non-hydrogen) atoms. The standard InChI is InChI=1S/C15H22N4O3/c1-11(16)13-7-4-5-9-18(13)10-15(20)17-12-6-2-3-8-14(12)19(21)22/h2-3,6,8,11,13H,4-5,7,9-10,16H2,1H3,(H,17,20). The first-order valence-electron chi connectivity index (χ1n) is 7.52. The summed E-state index contributed by atoms with van der Waals surface area (Å²) in [5.74, 6) is -0.248. The first-order valence-corrected chi connectivity index (χ1v) is 7.52. The SMILES string of the molecule is CC(N)C1CCCCN1CC(=O)Nc1ccccc1[N+](=O)[O-]. The molecule has 1 aromatic rings. The Morgan fingerprint density at radius 3 is 2.91 bits per heavy atom. The molecule has 2 rings (SSSR count). The van der Waals surface area contributed by atoms with Gasteiger partial charge < -0.3 is 11.1 Å². The van der Waals surface area contributed by atoms with E-state index in [1.807, 2.05) is 6.92 Å². The molecular formula is C15H22N4O3. The van der Waals surface area contributed by atoms with Crippen molar-refractivity contribution in [2.45, 2.75) is 38.3 Å². The average molecular weight is 306 g/mol. The number of likely N-dealkylation sites (tertiary alicyclic amines) is 1. The minimum Gasteiger partial charge on any atom is -0.327 e. The normalized spacial score (nSPS) is 20.4. The van der Waals surface area contributed by atoms with Crippen molar-refractivity contribution >= 4 is 17.3 Å². The summed E-state index contributed by atoms with van der Waals surface area (Å²) < 4.78 is 0. The monoisotopic (exact) mass is 306 g/mol. The number of nitrogens with one attached hydrogen (secondary N) is 1. The molecule has 1 aromatic carbocycles.